The van der Waals surface area contributed by atoms with E-state index >= 15 is 0 Å². The highest BCUT2D eigenvalue weighted by atomic mass is 16.5. The molecule has 0 radical (unpaired) electrons. The van der Waals surface area contributed by atoms with Gasteiger partial charge in [0.15, 0.2) is 5.76 Å². The van der Waals surface area contributed by atoms with Crippen molar-refractivity contribution in [3.8, 4) is 0 Å². The van der Waals surface area contributed by atoms with Crippen LogP contribution in [0.15, 0.2) is 34.9 Å². The van der Waals surface area contributed by atoms with Gasteiger partial charge in [-0.1, -0.05) is 23.4 Å². The van der Waals surface area contributed by atoms with Crippen LogP contribution in [0.2, 0.25) is 0 Å². The zero-order chi connectivity index (χ0) is 13.0. The van der Waals surface area contributed by atoms with Crippen molar-refractivity contribution in [2.24, 2.45) is 5.73 Å². The van der Waals surface area contributed by atoms with E-state index in [9.17, 15) is 4.79 Å². The smallest absolute Gasteiger partial charge is 0.249 e. The average molecular weight is 245 g/mol. The van der Waals surface area contributed by atoms with Crippen molar-refractivity contribution in [1.29, 1.82) is 0 Å². The largest absolute Gasteiger partial charge is 0.366 e. The van der Waals surface area contributed by atoms with Gasteiger partial charge in [-0.25, -0.2) is 0 Å². The van der Waals surface area contributed by atoms with E-state index in [-0.39, 0.29) is 0 Å². The first-order valence-corrected chi connectivity index (χ1v) is 5.67. The summed E-state index contributed by atoms with van der Waals surface area (Å²) in [5, 5.41) is 6.98. The lowest BCUT2D eigenvalue weighted by Crippen LogP contribution is -2.18. The zero-order valence-electron chi connectivity index (χ0n) is 10.1. The van der Waals surface area contributed by atoms with Crippen LogP contribution in [-0.2, 0) is 13.1 Å². The van der Waals surface area contributed by atoms with Crippen LogP contribution in [0.1, 0.15) is 27.4 Å². The summed E-state index contributed by atoms with van der Waals surface area (Å²) in [6.45, 7) is 2.99. The van der Waals surface area contributed by atoms with Crippen molar-refractivity contribution in [2.45, 2.75) is 20.0 Å². The second kappa shape index (κ2) is 5.46. The Balaban J connectivity index is 1.96. The Labute approximate surface area is 105 Å². The fourth-order valence-electron chi connectivity index (χ4n) is 1.73. The number of nitrogens with one attached hydrogen (secondary N) is 1. The second-order valence-electron chi connectivity index (χ2n) is 4.06. The number of nitrogens with zero attached hydrogens (tertiary/aromatic N) is 1. The molecule has 0 saturated heterocycles. The molecule has 0 bridgehead atoms. The summed E-state index contributed by atoms with van der Waals surface area (Å²) in [5.41, 5.74) is 7.57. The molecule has 1 amide bonds. The number of hydrogen-bond acceptors (Lipinski definition) is 4. The molecule has 1 aromatic carbocycles. The number of carbonyl (C=O) groups is 1. The summed E-state index contributed by atoms with van der Waals surface area (Å²) in [6, 6.07) is 9.13. The van der Waals surface area contributed by atoms with Crippen LogP contribution in [0.25, 0.3) is 0 Å². The predicted octanol–water partition coefficient (Wildman–Crippen LogP) is 1.37. The van der Waals surface area contributed by atoms with Gasteiger partial charge < -0.3 is 15.6 Å². The number of nitrogens with two attached hydrogens (primary N) is 1. The van der Waals surface area contributed by atoms with Gasteiger partial charge in [0.2, 0.25) is 5.91 Å². The van der Waals surface area contributed by atoms with Gasteiger partial charge in [0.1, 0.15) is 0 Å². The van der Waals surface area contributed by atoms with E-state index in [0.29, 0.717) is 18.7 Å². The fourth-order valence-corrected chi connectivity index (χ4v) is 1.73. The van der Waals surface area contributed by atoms with Crippen molar-refractivity contribution in [3.63, 3.8) is 0 Å². The number of primary amides is 1. The van der Waals surface area contributed by atoms with E-state index in [4.69, 9.17) is 10.3 Å². The van der Waals surface area contributed by atoms with Gasteiger partial charge in [0.25, 0.3) is 0 Å². The van der Waals surface area contributed by atoms with Gasteiger partial charge in [0.05, 0.1) is 12.2 Å². The number of hydrogen-bond donors (Lipinski definition) is 2. The molecule has 0 atom stereocenters. The van der Waals surface area contributed by atoms with E-state index in [1.54, 1.807) is 12.1 Å². The van der Waals surface area contributed by atoms with Crippen LogP contribution in [-0.4, -0.2) is 11.1 Å². The summed E-state index contributed by atoms with van der Waals surface area (Å²) in [6.07, 6.45) is 0. The molecule has 1 heterocycles. The highest BCUT2D eigenvalue weighted by Gasteiger charge is 2.07. The minimum atomic E-state index is -0.414. The zero-order valence-corrected chi connectivity index (χ0v) is 10.1. The van der Waals surface area contributed by atoms with Gasteiger partial charge in [-0.15, -0.1) is 0 Å². The van der Waals surface area contributed by atoms with Crippen molar-refractivity contribution in [3.05, 3.63) is 52.9 Å². The van der Waals surface area contributed by atoms with Gasteiger partial charge in [-0.2, -0.15) is 0 Å². The first kappa shape index (κ1) is 12.3. The van der Waals surface area contributed by atoms with Crippen LogP contribution < -0.4 is 11.1 Å². The molecule has 0 saturated carbocycles. The summed E-state index contributed by atoms with van der Waals surface area (Å²) < 4.78 is 5.08. The van der Waals surface area contributed by atoms with E-state index in [1.807, 2.05) is 25.1 Å². The molecular weight excluding hydrogens is 230 g/mol. The van der Waals surface area contributed by atoms with Crippen LogP contribution in [0.4, 0.5) is 0 Å². The molecule has 2 rings (SSSR count). The lowest BCUT2D eigenvalue weighted by atomic mass is 10.1. The Hall–Kier alpha value is -2.14. The van der Waals surface area contributed by atoms with E-state index in [0.717, 1.165) is 17.0 Å². The third-order valence-corrected chi connectivity index (χ3v) is 2.57. The number of rotatable bonds is 5. The number of carbonyl (C=O) groups excluding carboxylic acids is 1. The third-order valence-electron chi connectivity index (χ3n) is 2.57. The molecule has 5 nitrogen and oxygen atoms in total. The monoisotopic (exact) mass is 245 g/mol. The summed E-state index contributed by atoms with van der Waals surface area (Å²) >= 11 is 0. The normalized spacial score (nSPS) is 10.5. The number of amides is 1. The van der Waals surface area contributed by atoms with Crippen molar-refractivity contribution >= 4 is 5.91 Å². The van der Waals surface area contributed by atoms with E-state index < -0.39 is 5.91 Å². The van der Waals surface area contributed by atoms with Crippen molar-refractivity contribution in [1.82, 2.24) is 10.5 Å². The maximum Gasteiger partial charge on any atom is 0.249 e. The highest BCUT2D eigenvalue weighted by Crippen LogP contribution is 2.08. The van der Waals surface area contributed by atoms with Gasteiger partial charge in [-0.05, 0) is 18.6 Å². The first-order chi connectivity index (χ1) is 8.66. The minimum absolute atomic E-state index is 0.414. The molecule has 2 aromatic rings. The Kier molecular flexibility index (Phi) is 3.74. The van der Waals surface area contributed by atoms with Gasteiger partial charge in [0, 0.05) is 18.2 Å². The third kappa shape index (κ3) is 2.95. The van der Waals surface area contributed by atoms with Crippen LogP contribution in [0.5, 0.6) is 0 Å². The van der Waals surface area contributed by atoms with Crippen LogP contribution >= 0.6 is 0 Å². The quantitative estimate of drug-likeness (QED) is 0.833. The van der Waals surface area contributed by atoms with E-state index in [1.165, 1.54) is 0 Å². The Bertz CT molecular complexity index is 549. The molecule has 0 fully saturated rings. The molecule has 0 unspecified atom stereocenters. The standard InChI is InChI=1S/C13H15N3O2/c1-9-6-11(18-16-9)8-15-7-10-4-2-3-5-12(10)13(14)17/h2-6,15H,7-8H2,1H3,(H2,14,17). The molecule has 0 aliphatic rings. The second-order valence-corrected chi connectivity index (χ2v) is 4.06. The minimum Gasteiger partial charge on any atom is -0.366 e. The molecule has 0 spiro atoms. The highest BCUT2D eigenvalue weighted by molar-refractivity contribution is 5.94. The Morgan fingerprint density at radius 1 is 1.39 bits per heavy atom. The van der Waals surface area contributed by atoms with Gasteiger partial charge >= 0.3 is 0 Å². The van der Waals surface area contributed by atoms with Crippen molar-refractivity contribution < 1.29 is 9.32 Å². The van der Waals surface area contributed by atoms with Gasteiger partial charge in [-0.3, -0.25) is 4.79 Å². The average Bonchev–Trinajstić information content (AvgIpc) is 2.75. The molecule has 3 N–H and O–H groups in total. The Morgan fingerprint density at radius 2 is 2.17 bits per heavy atom. The maximum atomic E-state index is 11.2. The molecule has 5 heteroatoms. The van der Waals surface area contributed by atoms with Crippen LogP contribution in [0, 0.1) is 6.92 Å². The number of aryl methyl sites for hydroxylation is 1. The van der Waals surface area contributed by atoms with Crippen molar-refractivity contribution in [2.75, 3.05) is 0 Å². The molecule has 0 aliphatic carbocycles. The predicted molar refractivity (Wildman–Crippen MR) is 66.7 cm³/mol. The molecule has 1 aromatic heterocycles. The molecule has 0 aliphatic heterocycles. The summed E-state index contributed by atoms with van der Waals surface area (Å²) in [4.78, 5) is 11.2. The topological polar surface area (TPSA) is 81.1 Å². The SMILES string of the molecule is Cc1cc(CNCc2ccccc2C(N)=O)on1. The maximum absolute atomic E-state index is 11.2. The molecule has 18 heavy (non-hydrogen) atoms. The summed E-state index contributed by atoms with van der Waals surface area (Å²) in [7, 11) is 0. The lowest BCUT2D eigenvalue weighted by molar-refractivity contribution is 0.0999. The molecular formula is C13H15N3O2. The summed E-state index contributed by atoms with van der Waals surface area (Å²) in [5.74, 6) is 0.354. The lowest BCUT2D eigenvalue weighted by Gasteiger charge is -2.06. The van der Waals surface area contributed by atoms with E-state index in [2.05, 4.69) is 10.5 Å². The fraction of sp³-hybridized carbons (Fsp3) is 0.231. The first-order valence-electron chi connectivity index (χ1n) is 5.67. The van der Waals surface area contributed by atoms with Crippen LogP contribution in [0.3, 0.4) is 0 Å². The number of aromatic nitrogens is 1. The Morgan fingerprint density at radius 3 is 2.83 bits per heavy atom. The number of benzene rings is 1. The molecule has 94 valence electrons.